The van der Waals surface area contributed by atoms with Gasteiger partial charge in [-0.25, -0.2) is 9.97 Å². The minimum Gasteiger partial charge on any atom is -0.338 e. The van der Waals surface area contributed by atoms with E-state index in [1.54, 1.807) is 12.3 Å². The smallest absolute Gasteiger partial charge is 0.274 e. The van der Waals surface area contributed by atoms with Crippen LogP contribution in [0.1, 0.15) is 21.6 Å². The fraction of sp³-hybridized carbons (Fsp3) is 0.261. The van der Waals surface area contributed by atoms with Gasteiger partial charge in [-0.15, -0.1) is 0 Å². The maximum Gasteiger partial charge on any atom is 0.274 e. The fourth-order valence-electron chi connectivity index (χ4n) is 3.41. The summed E-state index contributed by atoms with van der Waals surface area (Å²) in [6.45, 7) is 6.54. The molecular formula is C23H25N5O. The Bertz CT molecular complexity index is 951. The van der Waals surface area contributed by atoms with Crippen LogP contribution < -0.4 is 10.2 Å². The molecule has 0 unspecified atom stereocenters. The van der Waals surface area contributed by atoms with Crippen molar-refractivity contribution in [2.75, 3.05) is 36.4 Å². The van der Waals surface area contributed by atoms with Crippen molar-refractivity contribution in [2.45, 2.75) is 13.5 Å². The maximum absolute atomic E-state index is 12.6. The maximum atomic E-state index is 12.6. The first-order valence-corrected chi connectivity index (χ1v) is 9.90. The molecule has 148 valence electrons. The van der Waals surface area contributed by atoms with E-state index >= 15 is 0 Å². The summed E-state index contributed by atoms with van der Waals surface area (Å²) < 4.78 is 0. The SMILES string of the molecule is Cc1ccc(NC(=O)c2ccnc(N3CCN(Cc4ccccc4)CC3)n2)cc1. The Kier molecular flexibility index (Phi) is 5.81. The number of anilines is 2. The van der Waals surface area contributed by atoms with Crippen LogP contribution in [0, 0.1) is 6.92 Å². The molecule has 0 atom stereocenters. The lowest BCUT2D eigenvalue weighted by molar-refractivity contribution is 0.102. The Balaban J connectivity index is 1.36. The van der Waals surface area contributed by atoms with Gasteiger partial charge in [0.1, 0.15) is 5.69 Å². The summed E-state index contributed by atoms with van der Waals surface area (Å²) in [6, 6.07) is 19.9. The standard InChI is InChI=1S/C23H25N5O/c1-18-7-9-20(10-8-18)25-22(29)21-11-12-24-23(26-21)28-15-13-27(14-16-28)17-19-5-3-2-4-6-19/h2-12H,13-17H2,1H3,(H,25,29). The first-order chi connectivity index (χ1) is 14.2. The molecule has 6 nitrogen and oxygen atoms in total. The number of rotatable bonds is 5. The number of hydrogen-bond acceptors (Lipinski definition) is 5. The van der Waals surface area contributed by atoms with Gasteiger partial charge in [0.2, 0.25) is 5.95 Å². The number of carbonyl (C=O) groups is 1. The Morgan fingerprint density at radius 3 is 2.41 bits per heavy atom. The van der Waals surface area contributed by atoms with E-state index in [1.165, 1.54) is 5.56 Å². The van der Waals surface area contributed by atoms with Gasteiger partial charge in [-0.1, -0.05) is 48.0 Å². The van der Waals surface area contributed by atoms with Crippen LogP contribution in [0.5, 0.6) is 0 Å². The third-order valence-electron chi connectivity index (χ3n) is 5.09. The number of aryl methyl sites for hydroxylation is 1. The summed E-state index contributed by atoms with van der Waals surface area (Å²) in [5, 5.41) is 2.89. The van der Waals surface area contributed by atoms with Crippen molar-refractivity contribution in [3.63, 3.8) is 0 Å². The minimum atomic E-state index is -0.222. The van der Waals surface area contributed by atoms with Gasteiger partial charge >= 0.3 is 0 Å². The zero-order valence-electron chi connectivity index (χ0n) is 16.6. The van der Waals surface area contributed by atoms with Crippen molar-refractivity contribution in [1.82, 2.24) is 14.9 Å². The van der Waals surface area contributed by atoms with Crippen molar-refractivity contribution >= 4 is 17.5 Å². The highest BCUT2D eigenvalue weighted by Gasteiger charge is 2.20. The summed E-state index contributed by atoms with van der Waals surface area (Å²) >= 11 is 0. The number of nitrogens with zero attached hydrogens (tertiary/aromatic N) is 4. The number of amides is 1. The number of hydrogen-bond donors (Lipinski definition) is 1. The van der Waals surface area contributed by atoms with Crippen LogP contribution in [0.4, 0.5) is 11.6 Å². The molecule has 1 N–H and O–H groups in total. The van der Waals surface area contributed by atoms with Crippen LogP contribution in [0.15, 0.2) is 66.9 Å². The van der Waals surface area contributed by atoms with Crippen molar-refractivity contribution in [3.05, 3.63) is 83.7 Å². The highest BCUT2D eigenvalue weighted by molar-refractivity contribution is 6.02. The summed E-state index contributed by atoms with van der Waals surface area (Å²) in [7, 11) is 0. The van der Waals surface area contributed by atoms with Gasteiger partial charge < -0.3 is 10.2 Å². The van der Waals surface area contributed by atoms with E-state index in [4.69, 9.17) is 0 Å². The molecule has 29 heavy (non-hydrogen) atoms. The van der Waals surface area contributed by atoms with Crippen molar-refractivity contribution < 1.29 is 4.79 Å². The highest BCUT2D eigenvalue weighted by atomic mass is 16.1. The van der Waals surface area contributed by atoms with Crippen LogP contribution >= 0.6 is 0 Å². The van der Waals surface area contributed by atoms with Crippen molar-refractivity contribution in [2.24, 2.45) is 0 Å². The molecule has 6 heteroatoms. The predicted molar refractivity (Wildman–Crippen MR) is 115 cm³/mol. The topological polar surface area (TPSA) is 61.4 Å². The van der Waals surface area contributed by atoms with Crippen LogP contribution in [-0.4, -0.2) is 47.0 Å². The molecule has 4 rings (SSSR count). The number of benzene rings is 2. The van der Waals surface area contributed by atoms with E-state index in [2.05, 4.69) is 49.4 Å². The quantitative estimate of drug-likeness (QED) is 0.727. The first-order valence-electron chi connectivity index (χ1n) is 9.90. The van der Waals surface area contributed by atoms with Crippen molar-refractivity contribution in [3.8, 4) is 0 Å². The monoisotopic (exact) mass is 387 g/mol. The average Bonchev–Trinajstić information content (AvgIpc) is 2.77. The van der Waals surface area contributed by atoms with E-state index < -0.39 is 0 Å². The number of piperazine rings is 1. The molecule has 1 amide bonds. The van der Waals surface area contributed by atoms with Gasteiger partial charge in [0, 0.05) is 44.6 Å². The van der Waals surface area contributed by atoms with Gasteiger partial charge in [0.25, 0.3) is 5.91 Å². The van der Waals surface area contributed by atoms with Gasteiger partial charge in [-0.3, -0.25) is 9.69 Å². The van der Waals surface area contributed by atoms with Gasteiger partial charge in [-0.2, -0.15) is 0 Å². The predicted octanol–water partition coefficient (Wildman–Crippen LogP) is 3.36. The normalized spacial score (nSPS) is 14.6. The second-order valence-corrected chi connectivity index (χ2v) is 7.31. The molecule has 0 bridgehead atoms. The second-order valence-electron chi connectivity index (χ2n) is 7.31. The molecule has 1 aliphatic heterocycles. The molecule has 1 fully saturated rings. The second kappa shape index (κ2) is 8.84. The molecule has 3 aromatic rings. The number of nitrogens with one attached hydrogen (secondary N) is 1. The Labute approximate surface area is 171 Å². The van der Waals surface area contributed by atoms with Gasteiger partial charge in [0.15, 0.2) is 0 Å². The Morgan fingerprint density at radius 2 is 1.69 bits per heavy atom. The lowest BCUT2D eigenvalue weighted by Crippen LogP contribution is -2.46. The molecule has 1 saturated heterocycles. The van der Waals surface area contributed by atoms with Crippen LogP contribution in [0.2, 0.25) is 0 Å². The highest BCUT2D eigenvalue weighted by Crippen LogP contribution is 2.15. The molecule has 0 saturated carbocycles. The average molecular weight is 387 g/mol. The van der Waals surface area contributed by atoms with E-state index in [0.717, 1.165) is 44.0 Å². The van der Waals surface area contributed by atoms with E-state index in [-0.39, 0.29) is 5.91 Å². The molecular weight excluding hydrogens is 362 g/mol. The molecule has 0 spiro atoms. The lowest BCUT2D eigenvalue weighted by Gasteiger charge is -2.34. The Morgan fingerprint density at radius 1 is 0.966 bits per heavy atom. The minimum absolute atomic E-state index is 0.222. The summed E-state index contributed by atoms with van der Waals surface area (Å²) in [4.78, 5) is 26.0. The molecule has 2 heterocycles. The summed E-state index contributed by atoms with van der Waals surface area (Å²) in [6.07, 6.45) is 1.66. The van der Waals surface area contributed by atoms with Crippen LogP contribution in [0.3, 0.4) is 0 Å². The molecule has 0 aliphatic carbocycles. The van der Waals surface area contributed by atoms with Gasteiger partial charge in [0.05, 0.1) is 0 Å². The first kappa shape index (κ1) is 19.1. The van der Waals surface area contributed by atoms with Gasteiger partial charge in [-0.05, 0) is 30.7 Å². The number of aromatic nitrogens is 2. The summed E-state index contributed by atoms with van der Waals surface area (Å²) in [5.74, 6) is 0.390. The lowest BCUT2D eigenvalue weighted by atomic mass is 10.2. The zero-order chi connectivity index (χ0) is 20.1. The molecule has 1 aliphatic rings. The molecule has 0 radical (unpaired) electrons. The number of carbonyl (C=O) groups excluding carboxylic acids is 1. The Hall–Kier alpha value is -3.25. The van der Waals surface area contributed by atoms with E-state index in [9.17, 15) is 4.79 Å². The van der Waals surface area contributed by atoms with E-state index in [1.807, 2.05) is 37.3 Å². The van der Waals surface area contributed by atoms with Crippen LogP contribution in [-0.2, 0) is 6.54 Å². The summed E-state index contributed by atoms with van der Waals surface area (Å²) in [5.41, 5.74) is 3.61. The third kappa shape index (κ3) is 4.97. The zero-order valence-corrected chi connectivity index (χ0v) is 16.6. The third-order valence-corrected chi connectivity index (χ3v) is 5.09. The molecule has 2 aromatic carbocycles. The molecule has 1 aromatic heterocycles. The van der Waals surface area contributed by atoms with Crippen LogP contribution in [0.25, 0.3) is 0 Å². The van der Waals surface area contributed by atoms with Crippen molar-refractivity contribution in [1.29, 1.82) is 0 Å². The largest absolute Gasteiger partial charge is 0.338 e. The fourth-order valence-corrected chi connectivity index (χ4v) is 3.41. The van der Waals surface area contributed by atoms with E-state index in [0.29, 0.717) is 11.6 Å².